The standard InChI is InChI=1S/C21H31N3O5/c1-3-5-17(22)14-16-6-7-19(25)18(15-16)24-21(27)8-10-28-12-13-29-11-9-23-20(26)4-2/h2,6-7,15,17,25H,3,5,8-14,22H2,1H3,(H,23,26)(H,24,27)/t17-/m1/s1. The van der Waals surface area contributed by atoms with Gasteiger partial charge in [-0.2, -0.15) is 0 Å². The van der Waals surface area contributed by atoms with Crippen molar-refractivity contribution in [2.75, 3.05) is 38.3 Å². The number of rotatable bonds is 14. The predicted molar refractivity (Wildman–Crippen MR) is 111 cm³/mol. The summed E-state index contributed by atoms with van der Waals surface area (Å²) in [6, 6.07) is 5.17. The lowest BCUT2D eigenvalue weighted by Crippen LogP contribution is -2.26. The fourth-order valence-corrected chi connectivity index (χ4v) is 2.57. The van der Waals surface area contributed by atoms with E-state index in [1.54, 1.807) is 12.1 Å². The lowest BCUT2D eigenvalue weighted by atomic mass is 10.0. The third-order valence-electron chi connectivity index (χ3n) is 4.00. The van der Waals surface area contributed by atoms with Crippen molar-refractivity contribution in [1.29, 1.82) is 0 Å². The molecule has 0 heterocycles. The maximum atomic E-state index is 12.1. The second-order valence-electron chi connectivity index (χ2n) is 6.53. The number of carbonyl (C=O) groups excluding carboxylic acids is 2. The molecule has 0 fully saturated rings. The van der Waals surface area contributed by atoms with Crippen LogP contribution >= 0.6 is 0 Å². The van der Waals surface area contributed by atoms with Gasteiger partial charge < -0.3 is 30.9 Å². The van der Waals surface area contributed by atoms with Crippen LogP contribution in [0.25, 0.3) is 0 Å². The van der Waals surface area contributed by atoms with Crippen LogP contribution in [0.3, 0.4) is 0 Å². The smallest absolute Gasteiger partial charge is 0.295 e. The van der Waals surface area contributed by atoms with Crippen LogP contribution in [0.15, 0.2) is 18.2 Å². The highest BCUT2D eigenvalue weighted by molar-refractivity contribution is 5.93. The molecule has 8 nitrogen and oxygen atoms in total. The molecule has 2 amide bonds. The number of phenols is 1. The Kier molecular flexibility index (Phi) is 12.1. The van der Waals surface area contributed by atoms with Gasteiger partial charge in [-0.1, -0.05) is 19.4 Å². The molecule has 0 spiro atoms. The highest BCUT2D eigenvalue weighted by Gasteiger charge is 2.10. The zero-order valence-electron chi connectivity index (χ0n) is 16.9. The molecule has 0 saturated carbocycles. The second kappa shape index (κ2) is 14.4. The first-order valence-corrected chi connectivity index (χ1v) is 9.73. The number of nitrogens with one attached hydrogen (secondary N) is 2. The number of amides is 2. The van der Waals surface area contributed by atoms with Crippen LogP contribution < -0.4 is 16.4 Å². The third kappa shape index (κ3) is 11.1. The van der Waals surface area contributed by atoms with Crippen LogP contribution in [0.5, 0.6) is 5.75 Å². The van der Waals surface area contributed by atoms with Crippen molar-refractivity contribution in [1.82, 2.24) is 5.32 Å². The van der Waals surface area contributed by atoms with Gasteiger partial charge in [-0.05, 0) is 36.5 Å². The lowest BCUT2D eigenvalue weighted by Gasteiger charge is -2.13. The van der Waals surface area contributed by atoms with E-state index in [0.29, 0.717) is 38.5 Å². The van der Waals surface area contributed by atoms with Crippen LogP contribution in [0, 0.1) is 12.3 Å². The van der Waals surface area contributed by atoms with E-state index in [-0.39, 0.29) is 30.7 Å². The van der Waals surface area contributed by atoms with Crippen molar-refractivity contribution < 1.29 is 24.2 Å². The minimum atomic E-state index is -0.476. The monoisotopic (exact) mass is 405 g/mol. The van der Waals surface area contributed by atoms with Gasteiger partial charge in [0.05, 0.1) is 38.5 Å². The molecule has 0 bridgehead atoms. The Morgan fingerprint density at radius 2 is 1.97 bits per heavy atom. The molecule has 1 aromatic carbocycles. The van der Waals surface area contributed by atoms with Gasteiger partial charge in [0.25, 0.3) is 5.91 Å². The molecule has 0 aromatic heterocycles. The third-order valence-corrected chi connectivity index (χ3v) is 4.00. The van der Waals surface area contributed by atoms with Crippen molar-refractivity contribution in [2.45, 2.75) is 38.6 Å². The molecule has 0 unspecified atom stereocenters. The summed E-state index contributed by atoms with van der Waals surface area (Å²) < 4.78 is 10.6. The molecule has 5 N–H and O–H groups in total. The van der Waals surface area contributed by atoms with E-state index in [0.717, 1.165) is 18.4 Å². The Hall–Kier alpha value is -2.60. The van der Waals surface area contributed by atoms with Gasteiger partial charge in [-0.15, -0.1) is 6.42 Å². The molecule has 8 heteroatoms. The molecule has 1 rings (SSSR count). The zero-order valence-corrected chi connectivity index (χ0v) is 16.9. The maximum absolute atomic E-state index is 12.1. The van der Waals surface area contributed by atoms with Crippen molar-refractivity contribution in [3.63, 3.8) is 0 Å². The minimum Gasteiger partial charge on any atom is -0.506 e. The molecule has 1 aromatic rings. The average Bonchev–Trinajstić information content (AvgIpc) is 2.69. The number of hydrogen-bond donors (Lipinski definition) is 4. The number of nitrogens with two attached hydrogens (primary N) is 1. The van der Waals surface area contributed by atoms with Crippen molar-refractivity contribution in [3.8, 4) is 18.1 Å². The summed E-state index contributed by atoms with van der Waals surface area (Å²) in [5.41, 5.74) is 7.39. The molecule has 160 valence electrons. The number of ether oxygens (including phenoxy) is 2. The normalized spacial score (nSPS) is 11.5. The first-order valence-electron chi connectivity index (χ1n) is 9.73. The fourth-order valence-electron chi connectivity index (χ4n) is 2.57. The SMILES string of the molecule is C#CC(=O)NCCOCCOCCC(=O)Nc1cc(C[C@H](N)CCC)ccc1O. The summed E-state index contributed by atoms with van der Waals surface area (Å²) in [6.45, 7) is 3.63. The first-order chi connectivity index (χ1) is 14.0. The van der Waals surface area contributed by atoms with Crippen LogP contribution in [0.4, 0.5) is 5.69 Å². The number of benzene rings is 1. The largest absolute Gasteiger partial charge is 0.506 e. The zero-order chi connectivity index (χ0) is 21.5. The molecule has 0 aliphatic rings. The Balaban J connectivity index is 2.23. The fraction of sp³-hybridized carbons (Fsp3) is 0.524. The number of carbonyl (C=O) groups is 2. The molecule has 0 aliphatic heterocycles. The van der Waals surface area contributed by atoms with Crippen molar-refractivity contribution in [3.05, 3.63) is 23.8 Å². The van der Waals surface area contributed by atoms with Crippen LogP contribution in [0.1, 0.15) is 31.7 Å². The highest BCUT2D eigenvalue weighted by atomic mass is 16.5. The first kappa shape index (κ1) is 24.4. The van der Waals surface area contributed by atoms with Crippen LogP contribution in [-0.2, 0) is 25.5 Å². The molecule has 0 aliphatic carbocycles. The number of anilines is 1. The second-order valence-corrected chi connectivity index (χ2v) is 6.53. The van der Waals surface area contributed by atoms with Crippen molar-refractivity contribution in [2.24, 2.45) is 5.73 Å². The predicted octanol–water partition coefficient (Wildman–Crippen LogP) is 1.17. The van der Waals surface area contributed by atoms with E-state index in [4.69, 9.17) is 21.6 Å². The van der Waals surface area contributed by atoms with Gasteiger partial charge in [0.15, 0.2) is 0 Å². The lowest BCUT2D eigenvalue weighted by molar-refractivity contribution is -0.117. The summed E-state index contributed by atoms with van der Waals surface area (Å²) in [6.07, 6.45) is 7.68. The van der Waals surface area contributed by atoms with E-state index in [1.165, 1.54) is 0 Å². The van der Waals surface area contributed by atoms with E-state index >= 15 is 0 Å². The van der Waals surface area contributed by atoms with E-state index in [1.807, 2.05) is 12.0 Å². The van der Waals surface area contributed by atoms with Crippen molar-refractivity contribution >= 4 is 17.5 Å². The quantitative estimate of drug-likeness (QED) is 0.209. The van der Waals surface area contributed by atoms with Gasteiger partial charge in [-0.25, -0.2) is 0 Å². The molecular weight excluding hydrogens is 374 g/mol. The summed E-state index contributed by atoms with van der Waals surface area (Å²) in [7, 11) is 0. The molecule has 29 heavy (non-hydrogen) atoms. The Bertz CT molecular complexity index is 687. The van der Waals surface area contributed by atoms with Gasteiger partial charge >= 0.3 is 0 Å². The number of terminal acetylenes is 1. The summed E-state index contributed by atoms with van der Waals surface area (Å²) in [4.78, 5) is 22.9. The maximum Gasteiger partial charge on any atom is 0.295 e. The molecule has 1 atom stereocenters. The molecule has 0 radical (unpaired) electrons. The van der Waals surface area contributed by atoms with Gasteiger partial charge in [-0.3, -0.25) is 9.59 Å². The number of aromatic hydroxyl groups is 1. The van der Waals surface area contributed by atoms with Crippen LogP contribution in [0.2, 0.25) is 0 Å². The summed E-state index contributed by atoms with van der Waals surface area (Å²) in [5.74, 6) is 1.22. The summed E-state index contributed by atoms with van der Waals surface area (Å²) >= 11 is 0. The van der Waals surface area contributed by atoms with Gasteiger partial charge in [0.1, 0.15) is 5.75 Å². The van der Waals surface area contributed by atoms with E-state index < -0.39 is 5.91 Å². The van der Waals surface area contributed by atoms with Gasteiger partial charge in [0.2, 0.25) is 5.91 Å². The average molecular weight is 405 g/mol. The Morgan fingerprint density at radius 3 is 2.66 bits per heavy atom. The Labute approximate surface area is 172 Å². The van der Waals surface area contributed by atoms with E-state index in [9.17, 15) is 14.7 Å². The molecule has 0 saturated heterocycles. The number of hydrogen-bond acceptors (Lipinski definition) is 6. The summed E-state index contributed by atoms with van der Waals surface area (Å²) in [5, 5.41) is 15.1. The highest BCUT2D eigenvalue weighted by Crippen LogP contribution is 2.25. The molecular formula is C21H31N3O5. The van der Waals surface area contributed by atoms with Crippen LogP contribution in [-0.4, -0.2) is 55.9 Å². The van der Waals surface area contributed by atoms with Gasteiger partial charge in [0, 0.05) is 12.6 Å². The topological polar surface area (TPSA) is 123 Å². The minimum absolute atomic E-state index is 0.0115. The van der Waals surface area contributed by atoms with E-state index in [2.05, 4.69) is 17.6 Å². The number of phenolic OH excluding ortho intramolecular Hbond substituents is 1. The Morgan fingerprint density at radius 1 is 1.24 bits per heavy atom.